The number of ether oxygens (including phenoxy) is 2. The summed E-state index contributed by atoms with van der Waals surface area (Å²) in [6, 6.07) is 7.76. The van der Waals surface area contributed by atoms with Crippen LogP contribution in [0.2, 0.25) is 0 Å². The van der Waals surface area contributed by atoms with Crippen LogP contribution in [-0.2, 0) is 23.7 Å². The summed E-state index contributed by atoms with van der Waals surface area (Å²) in [6.07, 6.45) is 11.5. The topological polar surface area (TPSA) is 126 Å². The molecular formula is C42H52N2O7. The second-order valence-corrected chi connectivity index (χ2v) is 18.2. The molecule has 4 heterocycles. The quantitative estimate of drug-likeness (QED) is 0.299. The molecule has 2 aromatic carbocycles. The highest BCUT2D eigenvalue weighted by Crippen LogP contribution is 2.67. The van der Waals surface area contributed by atoms with Crippen LogP contribution in [0.5, 0.6) is 23.0 Å². The van der Waals surface area contributed by atoms with Crippen LogP contribution in [0.3, 0.4) is 0 Å². The van der Waals surface area contributed by atoms with E-state index in [0.29, 0.717) is 24.3 Å². The lowest BCUT2D eigenvalue weighted by Crippen LogP contribution is -2.77. The number of hydrogen-bond acceptors (Lipinski definition) is 9. The molecule has 51 heavy (non-hydrogen) atoms. The van der Waals surface area contributed by atoms with Crippen molar-refractivity contribution < 1.29 is 35.0 Å². The Morgan fingerprint density at radius 2 is 1.27 bits per heavy atom. The Bertz CT molecular complexity index is 1840. The van der Waals surface area contributed by atoms with Gasteiger partial charge in [0, 0.05) is 36.3 Å². The molecular weight excluding hydrogens is 644 g/mol. The molecule has 9 nitrogen and oxygen atoms in total. The molecule has 4 aliphatic heterocycles. The number of piperidine rings is 2. The molecule has 2 spiro atoms. The van der Waals surface area contributed by atoms with E-state index in [4.69, 9.17) is 9.47 Å². The SMILES string of the molecule is C=C1CC[C@@]2(O)[C@H]3Cc4ccc(O)c5c4[C@@]2(CCN3CC2CC2)[C@H]1O5.Oc1ccc2c3c1O[C@H]1C(O)CC[C@@]4(O)[C@@H](C2)N(CC2CCC2)CC[C@]314. The van der Waals surface area contributed by atoms with Crippen LogP contribution in [0.4, 0.5) is 0 Å². The summed E-state index contributed by atoms with van der Waals surface area (Å²) in [5, 5.41) is 55.7. The van der Waals surface area contributed by atoms with Gasteiger partial charge in [0.05, 0.1) is 28.1 Å². The molecule has 6 fully saturated rings. The number of phenolic OH excluding ortho intramolecular Hbond substituents is 2. The number of aliphatic hydroxyl groups is 3. The van der Waals surface area contributed by atoms with Crippen LogP contribution in [0, 0.1) is 11.8 Å². The maximum atomic E-state index is 12.1. The van der Waals surface area contributed by atoms with Crippen LogP contribution in [0.15, 0.2) is 36.4 Å². The number of nitrogens with zero attached hydrogens (tertiary/aromatic N) is 2. The van der Waals surface area contributed by atoms with Crippen molar-refractivity contribution in [3.63, 3.8) is 0 Å². The zero-order valence-electron chi connectivity index (χ0n) is 29.5. The number of aromatic hydroxyl groups is 2. The Kier molecular flexibility index (Phi) is 6.48. The first kappa shape index (κ1) is 31.7. The van der Waals surface area contributed by atoms with Gasteiger partial charge in [-0.05, 0) is 131 Å². The predicted molar refractivity (Wildman–Crippen MR) is 189 cm³/mol. The number of hydrogen-bond donors (Lipinski definition) is 5. The van der Waals surface area contributed by atoms with E-state index < -0.39 is 34.2 Å². The smallest absolute Gasteiger partial charge is 0.166 e. The molecule has 4 bridgehead atoms. The van der Waals surface area contributed by atoms with Crippen molar-refractivity contribution >= 4 is 0 Å². The highest BCUT2D eigenvalue weighted by molar-refractivity contribution is 5.64. The Morgan fingerprint density at radius 1 is 0.706 bits per heavy atom. The van der Waals surface area contributed by atoms with E-state index in [1.165, 1.54) is 43.2 Å². The lowest BCUT2D eigenvalue weighted by atomic mass is 9.48. The minimum absolute atomic E-state index is 0.0819. The van der Waals surface area contributed by atoms with Gasteiger partial charge in [0.2, 0.25) is 0 Å². The number of likely N-dealkylation sites (tertiary alicyclic amines) is 2. The summed E-state index contributed by atoms with van der Waals surface area (Å²) in [4.78, 5) is 5.08. The van der Waals surface area contributed by atoms with Crippen LogP contribution < -0.4 is 9.47 Å². The number of rotatable bonds is 4. The lowest BCUT2D eigenvalue weighted by Gasteiger charge is -2.64. The molecule has 2 saturated heterocycles. The van der Waals surface area contributed by atoms with E-state index in [2.05, 4.69) is 16.4 Å². The minimum Gasteiger partial charge on any atom is -0.504 e. The van der Waals surface area contributed by atoms with Crippen molar-refractivity contribution in [1.82, 2.24) is 9.80 Å². The molecule has 0 radical (unpaired) electrons. The van der Waals surface area contributed by atoms with Gasteiger partial charge in [0.15, 0.2) is 23.0 Å². The van der Waals surface area contributed by atoms with Gasteiger partial charge in [-0.2, -0.15) is 0 Å². The second kappa shape index (κ2) is 10.4. The Labute approximate surface area is 299 Å². The fourth-order valence-electron chi connectivity index (χ4n) is 13.2. The van der Waals surface area contributed by atoms with Crippen LogP contribution >= 0.6 is 0 Å². The van der Waals surface area contributed by atoms with Gasteiger partial charge < -0.3 is 35.0 Å². The van der Waals surface area contributed by atoms with Crippen molar-refractivity contribution in [3.8, 4) is 23.0 Å². The summed E-state index contributed by atoms with van der Waals surface area (Å²) < 4.78 is 12.4. The third-order valence-electron chi connectivity index (χ3n) is 16.0. The predicted octanol–water partition coefficient (Wildman–Crippen LogP) is 4.22. The average molecular weight is 697 g/mol. The first-order chi connectivity index (χ1) is 24.6. The van der Waals surface area contributed by atoms with Crippen LogP contribution in [0.1, 0.15) is 92.9 Å². The van der Waals surface area contributed by atoms with Crippen molar-refractivity contribution in [1.29, 1.82) is 0 Å². The summed E-state index contributed by atoms with van der Waals surface area (Å²) in [7, 11) is 0. The van der Waals surface area contributed by atoms with E-state index in [0.717, 1.165) is 93.2 Å². The average Bonchev–Trinajstić information content (AvgIpc) is 3.72. The van der Waals surface area contributed by atoms with Crippen molar-refractivity contribution in [3.05, 3.63) is 58.7 Å². The van der Waals surface area contributed by atoms with E-state index in [1.54, 1.807) is 12.1 Å². The second-order valence-electron chi connectivity index (χ2n) is 18.2. The number of phenols is 2. The van der Waals surface area contributed by atoms with Gasteiger partial charge in [-0.25, -0.2) is 0 Å². The molecule has 12 rings (SSSR count). The van der Waals surface area contributed by atoms with Gasteiger partial charge in [-0.3, -0.25) is 9.80 Å². The first-order valence-corrected chi connectivity index (χ1v) is 19.9. The van der Waals surface area contributed by atoms with E-state index >= 15 is 0 Å². The molecule has 0 aromatic heterocycles. The largest absolute Gasteiger partial charge is 0.504 e. The molecule has 1 unspecified atom stereocenters. The van der Waals surface area contributed by atoms with E-state index in [1.807, 2.05) is 12.1 Å². The Balaban J connectivity index is 0.000000122. The Hall–Kier alpha value is -2.82. The summed E-state index contributed by atoms with van der Waals surface area (Å²) >= 11 is 0. The summed E-state index contributed by atoms with van der Waals surface area (Å²) in [6.45, 7) is 8.42. The highest BCUT2D eigenvalue weighted by Gasteiger charge is 2.74. The standard InChI is InChI=1S/C21H27NO4.C21H25NO3/c23-14-5-4-13-10-16-21(25)7-6-15(24)19-20(21,17(13)18(14)26-19)8-9-22(16)11-12-2-1-3-12;1-12-6-7-21(24)16-10-14-4-5-15(23)18-17(14)20(21,19(12)25-18)8-9-22(16)11-13-2-3-13/h4-5,12,15-16,19,23-25H,1-3,6-11H2;4-5,13,16,19,23-24H,1-3,6-11H2/t15?,16-,19+,20+,21-;16-,19+,20+,21-/m11/s1. The molecule has 9 atom stereocenters. The van der Waals surface area contributed by atoms with E-state index in [9.17, 15) is 25.5 Å². The molecule has 5 N–H and O–H groups in total. The fraction of sp³-hybridized carbons (Fsp3) is 0.667. The highest BCUT2D eigenvalue weighted by atomic mass is 16.5. The van der Waals surface area contributed by atoms with Crippen molar-refractivity contribution in [2.24, 2.45) is 11.8 Å². The maximum absolute atomic E-state index is 12.1. The van der Waals surface area contributed by atoms with Gasteiger partial charge >= 0.3 is 0 Å². The van der Waals surface area contributed by atoms with Gasteiger partial charge in [0.1, 0.15) is 12.2 Å². The fourth-order valence-corrected chi connectivity index (χ4v) is 13.2. The Morgan fingerprint density at radius 3 is 1.88 bits per heavy atom. The molecule has 272 valence electrons. The molecule has 9 heteroatoms. The third-order valence-corrected chi connectivity index (χ3v) is 16.0. The van der Waals surface area contributed by atoms with Crippen LogP contribution in [0.25, 0.3) is 0 Å². The van der Waals surface area contributed by atoms with Crippen molar-refractivity contribution in [2.75, 3.05) is 26.2 Å². The molecule has 2 aromatic rings. The normalized spacial score (nSPS) is 42.5. The molecule has 0 amide bonds. The van der Waals surface area contributed by atoms with Crippen LogP contribution in [-0.4, -0.2) is 103 Å². The first-order valence-electron chi connectivity index (χ1n) is 19.9. The third kappa shape index (κ3) is 3.85. The molecule has 4 saturated carbocycles. The zero-order chi connectivity index (χ0) is 34.7. The van der Waals surface area contributed by atoms with Crippen molar-refractivity contribution in [2.45, 2.75) is 136 Å². The number of benzene rings is 2. The summed E-state index contributed by atoms with van der Waals surface area (Å²) in [5.41, 5.74) is 2.92. The monoisotopic (exact) mass is 696 g/mol. The molecule has 10 aliphatic rings. The lowest BCUT2D eigenvalue weighted by molar-refractivity contribution is -0.209. The van der Waals surface area contributed by atoms with Gasteiger partial charge in [0.25, 0.3) is 0 Å². The van der Waals surface area contributed by atoms with Gasteiger partial charge in [-0.1, -0.05) is 25.1 Å². The minimum atomic E-state index is -0.884. The zero-order valence-corrected chi connectivity index (χ0v) is 29.5. The number of aliphatic hydroxyl groups excluding tert-OH is 1. The van der Waals surface area contributed by atoms with E-state index in [-0.39, 0.29) is 29.7 Å². The molecule has 6 aliphatic carbocycles. The summed E-state index contributed by atoms with van der Waals surface area (Å²) in [5.74, 6) is 3.06. The maximum Gasteiger partial charge on any atom is 0.166 e. The van der Waals surface area contributed by atoms with Gasteiger partial charge in [-0.15, -0.1) is 0 Å².